The average molecular weight is 284 g/mol. The molecule has 3 aromatic rings. The van der Waals surface area contributed by atoms with Gasteiger partial charge in [-0.05, 0) is 19.1 Å². The maximum absolute atomic E-state index is 11.1. The van der Waals surface area contributed by atoms with Gasteiger partial charge < -0.3 is 10.2 Å². The molecule has 0 aliphatic carbocycles. The van der Waals surface area contributed by atoms with Crippen molar-refractivity contribution >= 4 is 11.5 Å². The zero-order chi connectivity index (χ0) is 15.0. The fourth-order valence-electron chi connectivity index (χ4n) is 2.17. The first kappa shape index (κ1) is 12.9. The Labute approximate surface area is 119 Å². The van der Waals surface area contributed by atoms with Gasteiger partial charge in [-0.25, -0.2) is 4.68 Å². The van der Waals surface area contributed by atoms with Gasteiger partial charge in [0.15, 0.2) is 0 Å². The van der Waals surface area contributed by atoms with Crippen LogP contribution in [0.1, 0.15) is 5.76 Å². The minimum Gasteiger partial charge on any atom is -0.469 e. The molecule has 3 rings (SSSR count). The molecule has 0 aliphatic heterocycles. The van der Waals surface area contributed by atoms with Gasteiger partial charge in [0.25, 0.3) is 5.69 Å². The van der Waals surface area contributed by atoms with Crippen LogP contribution in [-0.4, -0.2) is 14.7 Å². The van der Waals surface area contributed by atoms with Gasteiger partial charge in [0.1, 0.15) is 17.3 Å². The van der Waals surface area contributed by atoms with Crippen LogP contribution in [0.2, 0.25) is 0 Å². The van der Waals surface area contributed by atoms with E-state index < -0.39 is 4.92 Å². The first-order valence-corrected chi connectivity index (χ1v) is 6.21. The molecule has 0 saturated carbocycles. The Balaban J connectivity index is 2.15. The molecule has 2 heterocycles. The number of rotatable bonds is 3. The van der Waals surface area contributed by atoms with Gasteiger partial charge in [-0.3, -0.25) is 10.1 Å². The Morgan fingerprint density at radius 3 is 2.76 bits per heavy atom. The summed E-state index contributed by atoms with van der Waals surface area (Å²) in [5.41, 5.74) is 7.63. The van der Waals surface area contributed by atoms with Crippen LogP contribution in [0.25, 0.3) is 16.9 Å². The number of nitro groups is 1. The second-order valence-electron chi connectivity index (χ2n) is 4.50. The van der Waals surface area contributed by atoms with E-state index in [2.05, 4.69) is 5.10 Å². The third-order valence-electron chi connectivity index (χ3n) is 3.18. The van der Waals surface area contributed by atoms with Gasteiger partial charge in [-0.1, -0.05) is 12.1 Å². The molecule has 7 heteroatoms. The van der Waals surface area contributed by atoms with E-state index in [0.29, 0.717) is 23.0 Å². The minimum atomic E-state index is -0.459. The molecular weight excluding hydrogens is 272 g/mol. The number of nitrogens with zero attached hydrogens (tertiary/aromatic N) is 3. The number of hydrogen-bond donors (Lipinski definition) is 1. The SMILES string of the molecule is Cc1occc1-c1cc(N)n(-c2ccccc2[N+](=O)[O-])n1. The molecule has 0 bridgehead atoms. The lowest BCUT2D eigenvalue weighted by atomic mass is 10.2. The molecule has 106 valence electrons. The average Bonchev–Trinajstić information content (AvgIpc) is 3.04. The third kappa shape index (κ3) is 2.14. The van der Waals surface area contributed by atoms with E-state index in [1.807, 2.05) is 6.92 Å². The standard InChI is InChI=1S/C14H12N4O3/c1-9-10(6-7-21-9)11-8-14(15)17(16-11)12-4-2-3-5-13(12)18(19)20/h2-8H,15H2,1H3. The zero-order valence-electron chi connectivity index (χ0n) is 11.2. The van der Waals surface area contributed by atoms with Crippen LogP contribution in [0.3, 0.4) is 0 Å². The highest BCUT2D eigenvalue weighted by Crippen LogP contribution is 2.29. The summed E-state index contributed by atoms with van der Waals surface area (Å²) in [6, 6.07) is 9.76. The van der Waals surface area contributed by atoms with Crippen molar-refractivity contribution in [1.29, 1.82) is 0 Å². The van der Waals surface area contributed by atoms with E-state index >= 15 is 0 Å². The summed E-state index contributed by atoms with van der Waals surface area (Å²) >= 11 is 0. The molecule has 0 amide bonds. The molecule has 0 atom stereocenters. The smallest absolute Gasteiger partial charge is 0.294 e. The van der Waals surface area contributed by atoms with E-state index in [1.165, 1.54) is 10.7 Å². The quantitative estimate of drug-likeness (QED) is 0.588. The molecule has 0 radical (unpaired) electrons. The fourth-order valence-corrected chi connectivity index (χ4v) is 2.17. The lowest BCUT2D eigenvalue weighted by Gasteiger charge is -2.04. The number of hydrogen-bond acceptors (Lipinski definition) is 5. The van der Waals surface area contributed by atoms with Crippen LogP contribution >= 0.6 is 0 Å². The predicted octanol–water partition coefficient (Wildman–Crippen LogP) is 2.93. The van der Waals surface area contributed by atoms with Crippen LogP contribution < -0.4 is 5.73 Å². The predicted molar refractivity (Wildman–Crippen MR) is 77.1 cm³/mol. The number of benzene rings is 1. The van der Waals surface area contributed by atoms with Crippen molar-refractivity contribution in [3.05, 3.63) is 58.5 Å². The summed E-state index contributed by atoms with van der Waals surface area (Å²) < 4.78 is 6.60. The van der Waals surface area contributed by atoms with E-state index in [1.54, 1.807) is 36.6 Å². The van der Waals surface area contributed by atoms with E-state index in [-0.39, 0.29) is 5.69 Å². The van der Waals surface area contributed by atoms with Crippen molar-refractivity contribution in [2.45, 2.75) is 6.92 Å². The largest absolute Gasteiger partial charge is 0.469 e. The Kier molecular flexibility index (Phi) is 2.94. The van der Waals surface area contributed by atoms with Gasteiger partial charge in [0.05, 0.1) is 16.9 Å². The second-order valence-corrected chi connectivity index (χ2v) is 4.50. The van der Waals surface area contributed by atoms with E-state index in [9.17, 15) is 10.1 Å². The van der Waals surface area contributed by atoms with Gasteiger partial charge in [0, 0.05) is 17.7 Å². The lowest BCUT2D eigenvalue weighted by Crippen LogP contribution is -2.04. The molecule has 1 aromatic carbocycles. The molecule has 0 aliphatic rings. The molecule has 0 fully saturated rings. The number of nitro benzene ring substituents is 1. The molecular formula is C14H12N4O3. The van der Waals surface area contributed by atoms with E-state index in [0.717, 1.165) is 5.56 Å². The van der Waals surface area contributed by atoms with Gasteiger partial charge in [0.2, 0.25) is 0 Å². The van der Waals surface area contributed by atoms with Crippen LogP contribution in [0.5, 0.6) is 0 Å². The summed E-state index contributed by atoms with van der Waals surface area (Å²) in [5, 5.41) is 15.5. The molecule has 21 heavy (non-hydrogen) atoms. The number of aryl methyl sites for hydroxylation is 1. The molecule has 0 spiro atoms. The van der Waals surface area contributed by atoms with Crippen LogP contribution in [0, 0.1) is 17.0 Å². The molecule has 0 saturated heterocycles. The molecule has 2 N–H and O–H groups in total. The van der Waals surface area contributed by atoms with Crippen LogP contribution in [0.4, 0.5) is 11.5 Å². The van der Waals surface area contributed by atoms with Crippen LogP contribution in [0.15, 0.2) is 47.1 Å². The normalized spacial score (nSPS) is 10.7. The fraction of sp³-hybridized carbons (Fsp3) is 0.0714. The highest BCUT2D eigenvalue weighted by Gasteiger charge is 2.19. The van der Waals surface area contributed by atoms with Gasteiger partial charge >= 0.3 is 0 Å². The summed E-state index contributed by atoms with van der Waals surface area (Å²) in [6.45, 7) is 1.81. The Hall–Kier alpha value is -3.09. The number of para-hydroxylation sites is 2. The maximum atomic E-state index is 11.1. The van der Waals surface area contributed by atoms with Crippen molar-refractivity contribution in [2.75, 3.05) is 5.73 Å². The van der Waals surface area contributed by atoms with Crippen molar-refractivity contribution < 1.29 is 9.34 Å². The maximum Gasteiger partial charge on any atom is 0.294 e. The Bertz CT molecular complexity index is 819. The monoisotopic (exact) mass is 284 g/mol. The van der Waals surface area contributed by atoms with Gasteiger partial charge in [-0.15, -0.1) is 0 Å². The number of anilines is 1. The Morgan fingerprint density at radius 1 is 1.33 bits per heavy atom. The molecule has 7 nitrogen and oxygen atoms in total. The highest BCUT2D eigenvalue weighted by atomic mass is 16.6. The minimum absolute atomic E-state index is 0.0530. The first-order chi connectivity index (χ1) is 10.1. The van der Waals surface area contributed by atoms with Gasteiger partial charge in [-0.2, -0.15) is 5.10 Å². The topological polar surface area (TPSA) is 100 Å². The van der Waals surface area contributed by atoms with Crippen LogP contribution in [-0.2, 0) is 0 Å². The first-order valence-electron chi connectivity index (χ1n) is 6.21. The lowest BCUT2D eigenvalue weighted by molar-refractivity contribution is -0.384. The van der Waals surface area contributed by atoms with Crippen molar-refractivity contribution in [2.24, 2.45) is 0 Å². The van der Waals surface area contributed by atoms with Crippen molar-refractivity contribution in [3.63, 3.8) is 0 Å². The third-order valence-corrected chi connectivity index (χ3v) is 3.18. The summed E-state index contributed by atoms with van der Waals surface area (Å²) in [4.78, 5) is 10.6. The van der Waals surface area contributed by atoms with Crippen molar-refractivity contribution in [1.82, 2.24) is 9.78 Å². The Morgan fingerprint density at radius 2 is 2.10 bits per heavy atom. The number of nitrogen functional groups attached to an aromatic ring is 1. The summed E-state index contributed by atoms with van der Waals surface area (Å²) in [5.74, 6) is 1.03. The number of aromatic nitrogens is 2. The highest BCUT2D eigenvalue weighted by molar-refractivity contribution is 5.66. The zero-order valence-corrected chi connectivity index (χ0v) is 11.2. The molecule has 0 unspecified atom stereocenters. The summed E-state index contributed by atoms with van der Waals surface area (Å²) in [6.07, 6.45) is 1.56. The number of nitrogens with two attached hydrogens (primary N) is 1. The molecule has 2 aromatic heterocycles. The van der Waals surface area contributed by atoms with Crippen molar-refractivity contribution in [3.8, 4) is 16.9 Å². The number of furan rings is 1. The second kappa shape index (κ2) is 4.78. The van der Waals surface area contributed by atoms with E-state index in [4.69, 9.17) is 10.2 Å². The summed E-state index contributed by atoms with van der Waals surface area (Å²) in [7, 11) is 0.